The van der Waals surface area contributed by atoms with Crippen molar-refractivity contribution in [2.45, 2.75) is 56.4 Å². The Balaban J connectivity index is 1.53. The highest BCUT2D eigenvalue weighted by Gasteiger charge is 2.51. The fourth-order valence-corrected chi connectivity index (χ4v) is 4.19. The second kappa shape index (κ2) is 12.3. The van der Waals surface area contributed by atoms with Crippen molar-refractivity contribution in [1.82, 2.24) is 0 Å². The van der Waals surface area contributed by atoms with E-state index in [2.05, 4.69) is 0 Å². The summed E-state index contributed by atoms with van der Waals surface area (Å²) >= 11 is 0. The van der Waals surface area contributed by atoms with Crippen LogP contribution in [0.2, 0.25) is 0 Å². The van der Waals surface area contributed by atoms with Crippen LogP contribution in [0.3, 0.4) is 0 Å². The van der Waals surface area contributed by atoms with Crippen molar-refractivity contribution in [3.05, 3.63) is 102 Å². The Morgan fingerprint density at radius 1 is 0.514 bits per heavy atom. The Morgan fingerprint density at radius 2 is 0.914 bits per heavy atom. The first-order valence-corrected chi connectivity index (χ1v) is 11.7. The van der Waals surface area contributed by atoms with Crippen LogP contribution < -0.4 is 4.74 Å². The maximum atomic E-state index is 10.8. The summed E-state index contributed by atoms with van der Waals surface area (Å²) < 4.78 is 23.6. The molecule has 0 aliphatic heterocycles. The topological polar surface area (TPSA) is 97.6 Å². The van der Waals surface area contributed by atoms with E-state index in [-0.39, 0.29) is 19.8 Å². The molecule has 3 aromatic rings. The third kappa shape index (κ3) is 6.46. The van der Waals surface area contributed by atoms with Gasteiger partial charge in [0, 0.05) is 0 Å². The van der Waals surface area contributed by atoms with Gasteiger partial charge in [-0.3, -0.25) is 0 Å². The van der Waals surface area contributed by atoms with Gasteiger partial charge in [-0.15, -0.1) is 0 Å². The van der Waals surface area contributed by atoms with Crippen LogP contribution in [0, 0.1) is 0 Å². The maximum Gasteiger partial charge on any atom is 0.118 e. The molecule has 1 aliphatic rings. The molecule has 0 bridgehead atoms. The quantitative estimate of drug-likeness (QED) is 0.411. The van der Waals surface area contributed by atoms with Crippen molar-refractivity contribution in [3.8, 4) is 5.75 Å². The molecule has 0 aromatic heterocycles. The molecule has 0 unspecified atom stereocenters. The van der Waals surface area contributed by atoms with Gasteiger partial charge in [0.2, 0.25) is 0 Å². The molecule has 4 rings (SSSR count). The molecular formula is C28H32O7. The molecule has 6 atom stereocenters. The van der Waals surface area contributed by atoms with E-state index in [1.807, 2.05) is 84.9 Å². The monoisotopic (exact) mass is 480 g/mol. The lowest BCUT2D eigenvalue weighted by atomic mass is 9.84. The Morgan fingerprint density at radius 3 is 1.34 bits per heavy atom. The highest BCUT2D eigenvalue weighted by molar-refractivity contribution is 5.26. The number of hydrogen-bond acceptors (Lipinski definition) is 7. The summed E-state index contributed by atoms with van der Waals surface area (Å²) in [6.45, 7) is 0.613. The van der Waals surface area contributed by atoms with Crippen LogP contribution in [-0.2, 0) is 34.0 Å². The van der Waals surface area contributed by atoms with Crippen LogP contribution in [0.15, 0.2) is 84.9 Å². The van der Waals surface area contributed by atoms with Crippen LogP contribution in [0.25, 0.3) is 0 Å². The molecule has 0 amide bonds. The highest BCUT2D eigenvalue weighted by atomic mass is 16.6. The summed E-state index contributed by atoms with van der Waals surface area (Å²) in [5.41, 5.74) is 2.71. The van der Waals surface area contributed by atoms with Crippen molar-refractivity contribution in [1.29, 1.82) is 0 Å². The molecular weight excluding hydrogens is 448 g/mol. The lowest BCUT2D eigenvalue weighted by molar-refractivity contribution is -0.263. The van der Waals surface area contributed by atoms with Gasteiger partial charge >= 0.3 is 0 Å². The minimum atomic E-state index is -1.45. The fraction of sp³-hybridized carbons (Fsp3) is 0.357. The van der Waals surface area contributed by atoms with Gasteiger partial charge < -0.3 is 34.3 Å². The first-order chi connectivity index (χ1) is 17.1. The summed E-state index contributed by atoms with van der Waals surface area (Å²) in [5, 5.41) is 32.3. The van der Waals surface area contributed by atoms with Crippen molar-refractivity contribution >= 4 is 0 Å². The van der Waals surface area contributed by atoms with Gasteiger partial charge in [0.05, 0.1) is 26.9 Å². The summed E-state index contributed by atoms with van der Waals surface area (Å²) in [6.07, 6.45) is -6.84. The third-order valence-electron chi connectivity index (χ3n) is 6.19. The molecule has 35 heavy (non-hydrogen) atoms. The molecule has 0 heterocycles. The van der Waals surface area contributed by atoms with E-state index in [1.54, 1.807) is 7.11 Å². The van der Waals surface area contributed by atoms with Crippen molar-refractivity contribution in [3.63, 3.8) is 0 Å². The van der Waals surface area contributed by atoms with Gasteiger partial charge in [-0.05, 0) is 28.8 Å². The van der Waals surface area contributed by atoms with Gasteiger partial charge in [0.15, 0.2) is 0 Å². The number of rotatable bonds is 10. The normalized spacial score (nSPS) is 26.4. The van der Waals surface area contributed by atoms with E-state index in [0.29, 0.717) is 0 Å². The average Bonchev–Trinajstić information content (AvgIpc) is 2.91. The summed E-state index contributed by atoms with van der Waals surface area (Å²) in [7, 11) is 1.60. The zero-order valence-electron chi connectivity index (χ0n) is 19.6. The Labute approximate surface area is 205 Å². The van der Waals surface area contributed by atoms with Gasteiger partial charge in [0.25, 0.3) is 0 Å². The SMILES string of the molecule is COc1ccc(CO[C@H]2[C@H](O)[C@@H](O)[C@H](O)[C@@H](OCc3ccccc3)[C@H]2OCc2ccccc2)cc1. The minimum absolute atomic E-state index is 0.172. The molecule has 7 heteroatoms. The predicted octanol–water partition coefficient (Wildman–Crippen LogP) is 2.85. The van der Waals surface area contributed by atoms with Crippen LogP contribution >= 0.6 is 0 Å². The van der Waals surface area contributed by atoms with Crippen LogP contribution in [0.4, 0.5) is 0 Å². The molecule has 3 N–H and O–H groups in total. The van der Waals surface area contributed by atoms with E-state index < -0.39 is 36.6 Å². The number of ether oxygens (including phenoxy) is 4. The smallest absolute Gasteiger partial charge is 0.118 e. The van der Waals surface area contributed by atoms with Crippen LogP contribution in [0.1, 0.15) is 16.7 Å². The second-order valence-electron chi connectivity index (χ2n) is 8.62. The van der Waals surface area contributed by atoms with E-state index >= 15 is 0 Å². The van der Waals surface area contributed by atoms with Crippen molar-refractivity contribution < 1.29 is 34.3 Å². The lowest BCUT2D eigenvalue weighted by Crippen LogP contribution is -2.65. The molecule has 0 radical (unpaired) electrons. The first-order valence-electron chi connectivity index (χ1n) is 11.7. The largest absolute Gasteiger partial charge is 0.497 e. The number of benzene rings is 3. The Bertz CT molecular complexity index is 1010. The van der Waals surface area contributed by atoms with Crippen molar-refractivity contribution in [2.75, 3.05) is 7.11 Å². The van der Waals surface area contributed by atoms with E-state index in [4.69, 9.17) is 18.9 Å². The molecule has 1 saturated carbocycles. The van der Waals surface area contributed by atoms with Gasteiger partial charge in [-0.25, -0.2) is 0 Å². The molecule has 1 fully saturated rings. The number of aliphatic hydroxyl groups is 3. The fourth-order valence-electron chi connectivity index (χ4n) is 4.19. The lowest BCUT2D eigenvalue weighted by Gasteiger charge is -2.45. The highest BCUT2D eigenvalue weighted by Crippen LogP contribution is 2.30. The van der Waals surface area contributed by atoms with E-state index in [1.165, 1.54) is 0 Å². The van der Waals surface area contributed by atoms with Gasteiger partial charge in [-0.1, -0.05) is 72.8 Å². The standard InChI is InChI=1S/C28H32O7/c1-32-22-14-12-21(13-15-22)18-34-27-25(31)23(29)24(30)26(33-16-19-8-4-2-5-9-19)28(27)35-17-20-10-6-3-7-11-20/h2-15,23-31H,16-18H2,1H3/t23-,24-,25+,26+,27-,28+/m0/s1. The van der Waals surface area contributed by atoms with Crippen LogP contribution in [-0.4, -0.2) is 59.1 Å². The average molecular weight is 481 g/mol. The minimum Gasteiger partial charge on any atom is -0.497 e. The van der Waals surface area contributed by atoms with Crippen molar-refractivity contribution in [2.24, 2.45) is 0 Å². The molecule has 186 valence electrons. The third-order valence-corrected chi connectivity index (χ3v) is 6.19. The van der Waals surface area contributed by atoms with Crippen LogP contribution in [0.5, 0.6) is 5.75 Å². The Kier molecular flexibility index (Phi) is 8.87. The summed E-state index contributed by atoms with van der Waals surface area (Å²) in [6, 6.07) is 26.5. The second-order valence-corrected chi connectivity index (χ2v) is 8.62. The number of hydrogen-bond donors (Lipinski definition) is 3. The molecule has 0 saturated heterocycles. The van der Waals surface area contributed by atoms with Gasteiger partial charge in [-0.2, -0.15) is 0 Å². The number of methoxy groups -OCH3 is 1. The predicted molar refractivity (Wildman–Crippen MR) is 130 cm³/mol. The maximum absolute atomic E-state index is 10.8. The molecule has 3 aromatic carbocycles. The molecule has 7 nitrogen and oxygen atoms in total. The zero-order valence-corrected chi connectivity index (χ0v) is 19.6. The van der Waals surface area contributed by atoms with Gasteiger partial charge in [0.1, 0.15) is 42.4 Å². The van der Waals surface area contributed by atoms with E-state index in [0.717, 1.165) is 22.4 Å². The molecule has 0 spiro atoms. The summed E-state index contributed by atoms with van der Waals surface area (Å²) in [4.78, 5) is 0. The zero-order chi connectivity index (χ0) is 24.6. The van der Waals surface area contributed by atoms with E-state index in [9.17, 15) is 15.3 Å². The summed E-state index contributed by atoms with van der Waals surface area (Å²) in [5.74, 6) is 0.725. The number of aliphatic hydroxyl groups excluding tert-OH is 3. The first kappa shape index (κ1) is 25.3. The Hall–Kier alpha value is -2.78. The molecule has 1 aliphatic carbocycles.